The Hall–Kier alpha value is -2.28. The first-order valence-corrected chi connectivity index (χ1v) is 11.7. The fourth-order valence-corrected chi connectivity index (χ4v) is 4.30. The molecule has 1 atom stereocenters. The zero-order valence-corrected chi connectivity index (χ0v) is 17.8. The minimum absolute atomic E-state index is 0.450. The van der Waals surface area contributed by atoms with Crippen molar-refractivity contribution in [1.82, 2.24) is 4.98 Å². The first-order chi connectivity index (χ1) is 13.3. The molecule has 28 heavy (non-hydrogen) atoms. The number of pyridine rings is 1. The van der Waals surface area contributed by atoms with Gasteiger partial charge in [-0.2, -0.15) is 0 Å². The van der Waals surface area contributed by atoms with Crippen molar-refractivity contribution >= 4 is 21.4 Å². The Bertz CT molecular complexity index is 927. The summed E-state index contributed by atoms with van der Waals surface area (Å²) in [5.74, 6) is 0.904. The average Bonchev–Trinajstić information content (AvgIpc) is 2.65. The molecule has 1 aliphatic rings. The van der Waals surface area contributed by atoms with Gasteiger partial charge in [0.25, 0.3) is 0 Å². The number of benzene rings is 1. The van der Waals surface area contributed by atoms with E-state index in [1.807, 2.05) is 6.07 Å². The van der Waals surface area contributed by atoms with Crippen LogP contribution in [0.15, 0.2) is 30.5 Å². The maximum atomic E-state index is 11.4. The van der Waals surface area contributed by atoms with Crippen molar-refractivity contribution in [2.75, 3.05) is 29.0 Å². The van der Waals surface area contributed by atoms with Gasteiger partial charge in [-0.15, -0.1) is 0 Å². The van der Waals surface area contributed by atoms with Gasteiger partial charge >= 0.3 is 0 Å². The van der Waals surface area contributed by atoms with Crippen LogP contribution in [0.3, 0.4) is 0 Å². The van der Waals surface area contributed by atoms with Gasteiger partial charge in [0.05, 0.1) is 30.4 Å². The molecule has 7 heteroatoms. The molecule has 3 rings (SSSR count). The van der Waals surface area contributed by atoms with Crippen molar-refractivity contribution in [2.45, 2.75) is 46.1 Å². The van der Waals surface area contributed by atoms with Crippen molar-refractivity contribution in [1.29, 1.82) is 0 Å². The lowest BCUT2D eigenvalue weighted by molar-refractivity contribution is 0.314. The summed E-state index contributed by atoms with van der Waals surface area (Å²) >= 11 is 0. The number of rotatable bonds is 7. The van der Waals surface area contributed by atoms with Crippen molar-refractivity contribution in [2.24, 2.45) is 0 Å². The molecule has 2 aromatic rings. The van der Waals surface area contributed by atoms with Crippen LogP contribution in [0.25, 0.3) is 11.3 Å². The molecule has 0 aliphatic carbocycles. The molecule has 0 saturated heterocycles. The summed E-state index contributed by atoms with van der Waals surface area (Å²) in [5, 5.41) is 0. The molecule has 1 aromatic heterocycles. The Morgan fingerprint density at radius 1 is 1.25 bits per heavy atom. The van der Waals surface area contributed by atoms with Crippen LogP contribution in [0.1, 0.15) is 39.2 Å². The summed E-state index contributed by atoms with van der Waals surface area (Å²) in [6.45, 7) is 8.16. The first kappa shape index (κ1) is 20.5. The number of ether oxygens (including phenoxy) is 1. The van der Waals surface area contributed by atoms with Crippen LogP contribution in [0.4, 0.5) is 11.4 Å². The molecule has 0 unspecified atom stereocenters. The summed E-state index contributed by atoms with van der Waals surface area (Å²) in [6.07, 6.45) is 5.67. The zero-order valence-electron chi connectivity index (χ0n) is 17.0. The van der Waals surface area contributed by atoms with Gasteiger partial charge in [0.15, 0.2) is 0 Å². The van der Waals surface area contributed by atoms with E-state index in [-0.39, 0.29) is 0 Å². The molecule has 0 bridgehead atoms. The number of nitrogens with zero attached hydrogens (tertiary/aromatic N) is 2. The standard InChI is InChI=1S/C21H29N3O3S/c1-5-13-27-21-17(19-11-8-16(14-22-19)23-28(4,25)26)10-12-20-18(21)9-7-15(3)24(20)6-2/h8,10-12,14-15,23H,5-7,9,13H2,1-4H3/t15-/m0/s1. The van der Waals surface area contributed by atoms with E-state index >= 15 is 0 Å². The van der Waals surface area contributed by atoms with E-state index in [1.54, 1.807) is 12.3 Å². The number of aromatic nitrogens is 1. The van der Waals surface area contributed by atoms with Crippen molar-refractivity contribution < 1.29 is 13.2 Å². The van der Waals surface area contributed by atoms with E-state index in [1.165, 1.54) is 11.3 Å². The largest absolute Gasteiger partial charge is 0.493 e. The lowest BCUT2D eigenvalue weighted by Gasteiger charge is -2.37. The molecule has 0 radical (unpaired) electrons. The fraction of sp³-hybridized carbons (Fsp3) is 0.476. The second-order valence-corrected chi connectivity index (χ2v) is 9.02. The predicted molar refractivity (Wildman–Crippen MR) is 115 cm³/mol. The molecule has 1 aliphatic heterocycles. The normalized spacial score (nSPS) is 16.6. The van der Waals surface area contributed by atoms with Crippen molar-refractivity contribution in [3.63, 3.8) is 0 Å². The molecule has 0 amide bonds. The monoisotopic (exact) mass is 403 g/mol. The third-order valence-electron chi connectivity index (χ3n) is 5.02. The average molecular weight is 404 g/mol. The smallest absolute Gasteiger partial charge is 0.229 e. The van der Waals surface area contributed by atoms with Crippen LogP contribution < -0.4 is 14.4 Å². The van der Waals surface area contributed by atoms with E-state index in [0.717, 1.165) is 49.1 Å². The zero-order chi connectivity index (χ0) is 20.3. The maximum Gasteiger partial charge on any atom is 0.229 e. The Morgan fingerprint density at radius 2 is 2.04 bits per heavy atom. The summed E-state index contributed by atoms with van der Waals surface area (Å²) in [4.78, 5) is 6.91. The Labute approximate surface area is 168 Å². The minimum atomic E-state index is -3.32. The highest BCUT2D eigenvalue weighted by atomic mass is 32.2. The second-order valence-electron chi connectivity index (χ2n) is 7.27. The molecule has 152 valence electrons. The highest BCUT2D eigenvalue weighted by Gasteiger charge is 2.26. The van der Waals surface area contributed by atoms with Crippen LogP contribution in [-0.4, -0.2) is 38.9 Å². The maximum absolute atomic E-state index is 11.4. The van der Waals surface area contributed by atoms with Gasteiger partial charge in [0.1, 0.15) is 5.75 Å². The number of fused-ring (bicyclic) bond motifs is 1. The Morgan fingerprint density at radius 3 is 2.64 bits per heavy atom. The molecular formula is C21H29N3O3S. The molecule has 1 N–H and O–H groups in total. The quantitative estimate of drug-likeness (QED) is 0.754. The fourth-order valence-electron chi connectivity index (χ4n) is 3.75. The first-order valence-electron chi connectivity index (χ1n) is 9.83. The number of anilines is 2. The van der Waals surface area contributed by atoms with E-state index < -0.39 is 10.0 Å². The van der Waals surface area contributed by atoms with Crippen LogP contribution in [0.2, 0.25) is 0 Å². The predicted octanol–water partition coefficient (Wildman–Crippen LogP) is 4.07. The molecule has 0 spiro atoms. The summed E-state index contributed by atoms with van der Waals surface area (Å²) in [6, 6.07) is 8.30. The van der Waals surface area contributed by atoms with E-state index in [9.17, 15) is 8.42 Å². The van der Waals surface area contributed by atoms with Gasteiger partial charge in [-0.3, -0.25) is 9.71 Å². The molecule has 1 aromatic carbocycles. The second kappa shape index (κ2) is 8.39. The van der Waals surface area contributed by atoms with Gasteiger partial charge in [-0.05, 0) is 57.4 Å². The van der Waals surface area contributed by atoms with Gasteiger partial charge in [-0.1, -0.05) is 6.92 Å². The molecule has 2 heterocycles. The third kappa shape index (κ3) is 4.41. The lowest BCUT2D eigenvalue weighted by atomic mass is 9.92. The van der Waals surface area contributed by atoms with Gasteiger partial charge in [0, 0.05) is 29.4 Å². The third-order valence-corrected chi connectivity index (χ3v) is 5.63. The number of sulfonamides is 1. The summed E-state index contributed by atoms with van der Waals surface area (Å²) < 4.78 is 31.5. The SMILES string of the molecule is CCCOc1c(-c2ccc(NS(C)(=O)=O)cn2)ccc2c1CC[C@H](C)N2CC. The highest BCUT2D eigenvalue weighted by molar-refractivity contribution is 7.92. The van der Waals surface area contributed by atoms with Crippen molar-refractivity contribution in [3.8, 4) is 17.0 Å². The number of nitrogens with one attached hydrogen (secondary N) is 1. The number of hydrogen-bond acceptors (Lipinski definition) is 5. The Kier molecular flexibility index (Phi) is 6.13. The van der Waals surface area contributed by atoms with Crippen LogP contribution in [0.5, 0.6) is 5.75 Å². The van der Waals surface area contributed by atoms with E-state index in [0.29, 0.717) is 18.3 Å². The summed E-state index contributed by atoms with van der Waals surface area (Å²) in [7, 11) is -3.32. The molecular weight excluding hydrogens is 374 g/mol. The van der Waals surface area contributed by atoms with E-state index in [4.69, 9.17) is 4.74 Å². The highest BCUT2D eigenvalue weighted by Crippen LogP contribution is 2.42. The van der Waals surface area contributed by atoms with Crippen LogP contribution in [-0.2, 0) is 16.4 Å². The topological polar surface area (TPSA) is 71.5 Å². The van der Waals surface area contributed by atoms with Gasteiger partial charge in [-0.25, -0.2) is 8.42 Å². The minimum Gasteiger partial charge on any atom is -0.493 e. The van der Waals surface area contributed by atoms with Gasteiger partial charge in [0.2, 0.25) is 10.0 Å². The molecule has 6 nitrogen and oxygen atoms in total. The van der Waals surface area contributed by atoms with Crippen molar-refractivity contribution in [3.05, 3.63) is 36.0 Å². The van der Waals surface area contributed by atoms with E-state index in [2.05, 4.69) is 47.5 Å². The Balaban J connectivity index is 2.03. The molecule has 0 saturated carbocycles. The van der Waals surface area contributed by atoms with Gasteiger partial charge < -0.3 is 9.64 Å². The van der Waals surface area contributed by atoms with Crippen LogP contribution >= 0.6 is 0 Å². The molecule has 0 fully saturated rings. The van der Waals surface area contributed by atoms with Crippen LogP contribution in [0, 0.1) is 0 Å². The lowest BCUT2D eigenvalue weighted by Crippen LogP contribution is -2.37. The summed E-state index contributed by atoms with van der Waals surface area (Å²) in [5.41, 5.74) is 4.65. The number of hydrogen-bond donors (Lipinski definition) is 1.